The Kier molecular flexibility index (Phi) is 5.83. The molecule has 0 unspecified atom stereocenters. The Morgan fingerprint density at radius 2 is 1.77 bits per heavy atom. The second-order valence-corrected chi connectivity index (χ2v) is 5.11. The van der Waals surface area contributed by atoms with Crippen molar-refractivity contribution in [1.29, 1.82) is 0 Å². The van der Waals surface area contributed by atoms with Crippen LogP contribution in [0.25, 0.3) is 0 Å². The lowest BCUT2D eigenvalue weighted by molar-refractivity contribution is -0.130. The second kappa shape index (κ2) is 8.08. The van der Waals surface area contributed by atoms with Crippen molar-refractivity contribution in [2.24, 2.45) is 0 Å². The van der Waals surface area contributed by atoms with Crippen LogP contribution < -0.4 is 4.74 Å². The van der Waals surface area contributed by atoms with E-state index in [1.54, 1.807) is 24.1 Å². The zero-order valence-electron chi connectivity index (χ0n) is 12.7. The van der Waals surface area contributed by atoms with Crippen molar-refractivity contribution >= 4 is 5.91 Å². The molecule has 0 saturated heterocycles. The Morgan fingerprint density at radius 1 is 1.09 bits per heavy atom. The highest BCUT2D eigenvalue weighted by Gasteiger charge is 2.10. The fraction of sp³-hybridized carbons (Fsp3) is 0.278. The first-order valence-electron chi connectivity index (χ1n) is 7.35. The summed E-state index contributed by atoms with van der Waals surface area (Å²) in [4.78, 5) is 13.7. The van der Waals surface area contributed by atoms with Gasteiger partial charge in [-0.2, -0.15) is 0 Å². The maximum Gasteiger partial charge on any atom is 0.222 e. The molecule has 2 aromatic rings. The number of hydrogen-bond acceptors (Lipinski definition) is 3. The third kappa shape index (κ3) is 4.81. The lowest BCUT2D eigenvalue weighted by Gasteiger charge is -2.17. The minimum atomic E-state index is 0.0416. The highest BCUT2D eigenvalue weighted by Crippen LogP contribution is 2.17. The molecular formula is C18H21NO3. The van der Waals surface area contributed by atoms with Crippen LogP contribution in [0.15, 0.2) is 54.6 Å². The molecule has 0 radical (unpaired) electrons. The number of ether oxygens (including phenoxy) is 1. The van der Waals surface area contributed by atoms with Gasteiger partial charge < -0.3 is 14.7 Å². The second-order valence-electron chi connectivity index (χ2n) is 5.11. The van der Waals surface area contributed by atoms with E-state index in [-0.39, 0.29) is 11.7 Å². The van der Waals surface area contributed by atoms with Crippen LogP contribution in [-0.2, 0) is 11.2 Å². The summed E-state index contributed by atoms with van der Waals surface area (Å²) in [6.45, 7) is 0.997. The molecule has 116 valence electrons. The van der Waals surface area contributed by atoms with Crippen LogP contribution in [0.4, 0.5) is 0 Å². The van der Waals surface area contributed by atoms with Crippen LogP contribution in [0.5, 0.6) is 11.5 Å². The lowest BCUT2D eigenvalue weighted by atomic mass is 10.1. The molecule has 1 N–H and O–H groups in total. The number of aromatic hydroxyl groups is 1. The average Bonchev–Trinajstić information content (AvgIpc) is 2.54. The molecular weight excluding hydrogens is 278 g/mol. The molecule has 0 aromatic heterocycles. The molecule has 0 spiro atoms. The van der Waals surface area contributed by atoms with Gasteiger partial charge in [0.15, 0.2) is 0 Å². The average molecular weight is 299 g/mol. The first kappa shape index (κ1) is 15.9. The molecule has 1 amide bonds. The molecule has 0 saturated carbocycles. The third-order valence-corrected chi connectivity index (χ3v) is 3.46. The lowest BCUT2D eigenvalue weighted by Crippen LogP contribution is -2.31. The quantitative estimate of drug-likeness (QED) is 0.855. The van der Waals surface area contributed by atoms with Crippen LogP contribution in [0.3, 0.4) is 0 Å². The summed E-state index contributed by atoms with van der Waals surface area (Å²) in [6.07, 6.45) is 0.912. The van der Waals surface area contributed by atoms with E-state index in [0.29, 0.717) is 26.0 Å². The number of likely N-dealkylation sites (N-methyl/N-ethyl adjacent to an activating group) is 1. The standard InChI is InChI=1S/C18H21NO3/c1-19(13-14-22-16-8-3-2-4-9-16)18(21)12-11-15-7-5-6-10-17(15)20/h2-10,20H,11-14H2,1H3. The number of hydrogen-bond donors (Lipinski definition) is 1. The summed E-state index contributed by atoms with van der Waals surface area (Å²) in [5.74, 6) is 1.09. The molecule has 0 aliphatic carbocycles. The van der Waals surface area contributed by atoms with Crippen molar-refractivity contribution in [2.45, 2.75) is 12.8 Å². The van der Waals surface area contributed by atoms with Gasteiger partial charge in [-0.1, -0.05) is 36.4 Å². The number of phenolic OH excluding ortho intramolecular Hbond substituents is 1. The van der Waals surface area contributed by atoms with Crippen molar-refractivity contribution in [3.05, 3.63) is 60.2 Å². The Bertz CT molecular complexity index is 598. The van der Waals surface area contributed by atoms with Crippen LogP contribution in [0.1, 0.15) is 12.0 Å². The van der Waals surface area contributed by atoms with Gasteiger partial charge in [0.05, 0.1) is 6.54 Å². The highest BCUT2D eigenvalue weighted by atomic mass is 16.5. The van der Waals surface area contributed by atoms with Crippen LogP contribution >= 0.6 is 0 Å². The molecule has 0 atom stereocenters. The fourth-order valence-corrected chi connectivity index (χ4v) is 2.10. The van der Waals surface area contributed by atoms with Gasteiger partial charge >= 0.3 is 0 Å². The fourth-order valence-electron chi connectivity index (χ4n) is 2.10. The van der Waals surface area contributed by atoms with Gasteiger partial charge in [0, 0.05) is 13.5 Å². The topological polar surface area (TPSA) is 49.8 Å². The predicted octanol–water partition coefficient (Wildman–Crippen LogP) is 2.86. The minimum absolute atomic E-state index is 0.0416. The number of nitrogens with zero attached hydrogens (tertiary/aromatic N) is 1. The van der Waals surface area contributed by atoms with Gasteiger partial charge in [0.2, 0.25) is 5.91 Å². The molecule has 0 fully saturated rings. The third-order valence-electron chi connectivity index (χ3n) is 3.46. The van der Waals surface area contributed by atoms with E-state index in [1.165, 1.54) is 0 Å². The van der Waals surface area contributed by atoms with E-state index in [2.05, 4.69) is 0 Å². The van der Waals surface area contributed by atoms with E-state index in [0.717, 1.165) is 11.3 Å². The van der Waals surface area contributed by atoms with Crippen molar-refractivity contribution in [3.63, 3.8) is 0 Å². The summed E-state index contributed by atoms with van der Waals surface area (Å²) in [6, 6.07) is 16.6. The molecule has 4 nitrogen and oxygen atoms in total. The highest BCUT2D eigenvalue weighted by molar-refractivity contribution is 5.76. The number of benzene rings is 2. The molecule has 0 aliphatic heterocycles. The summed E-state index contributed by atoms with van der Waals surface area (Å²) in [7, 11) is 1.77. The van der Waals surface area contributed by atoms with Crippen molar-refractivity contribution < 1.29 is 14.6 Å². The van der Waals surface area contributed by atoms with Crippen LogP contribution in [0, 0.1) is 0 Å². The largest absolute Gasteiger partial charge is 0.508 e. The summed E-state index contributed by atoms with van der Waals surface area (Å²) in [5.41, 5.74) is 0.796. The normalized spacial score (nSPS) is 10.2. The predicted molar refractivity (Wildman–Crippen MR) is 86.0 cm³/mol. The van der Waals surface area contributed by atoms with E-state index in [9.17, 15) is 9.90 Å². The first-order chi connectivity index (χ1) is 10.7. The number of carbonyl (C=O) groups is 1. The number of amides is 1. The number of phenols is 1. The van der Waals surface area contributed by atoms with Gasteiger partial charge in [0.1, 0.15) is 18.1 Å². The molecule has 0 aliphatic rings. The zero-order chi connectivity index (χ0) is 15.8. The van der Waals surface area contributed by atoms with Crippen LogP contribution in [-0.4, -0.2) is 36.1 Å². The molecule has 22 heavy (non-hydrogen) atoms. The number of carbonyl (C=O) groups excluding carboxylic acids is 1. The van der Waals surface area contributed by atoms with Gasteiger partial charge in [-0.3, -0.25) is 4.79 Å². The van der Waals surface area contributed by atoms with E-state index < -0.39 is 0 Å². The minimum Gasteiger partial charge on any atom is -0.508 e. The maximum absolute atomic E-state index is 12.1. The zero-order valence-corrected chi connectivity index (χ0v) is 12.7. The number of rotatable bonds is 7. The monoisotopic (exact) mass is 299 g/mol. The molecule has 2 rings (SSSR count). The van der Waals surface area contributed by atoms with Gasteiger partial charge in [-0.15, -0.1) is 0 Å². The van der Waals surface area contributed by atoms with Crippen molar-refractivity contribution in [1.82, 2.24) is 4.90 Å². The Morgan fingerprint density at radius 3 is 2.50 bits per heavy atom. The Hall–Kier alpha value is -2.49. The number of para-hydroxylation sites is 2. The number of aryl methyl sites for hydroxylation is 1. The first-order valence-corrected chi connectivity index (χ1v) is 7.35. The van der Waals surface area contributed by atoms with E-state index in [1.807, 2.05) is 42.5 Å². The molecule has 0 heterocycles. The van der Waals surface area contributed by atoms with E-state index in [4.69, 9.17) is 4.74 Å². The molecule has 2 aromatic carbocycles. The molecule has 4 heteroatoms. The van der Waals surface area contributed by atoms with Crippen molar-refractivity contribution in [2.75, 3.05) is 20.2 Å². The SMILES string of the molecule is CN(CCOc1ccccc1)C(=O)CCc1ccccc1O. The summed E-state index contributed by atoms with van der Waals surface area (Å²) >= 11 is 0. The Balaban J connectivity index is 1.72. The molecule has 0 bridgehead atoms. The van der Waals surface area contributed by atoms with Gasteiger partial charge in [-0.05, 0) is 30.2 Å². The van der Waals surface area contributed by atoms with E-state index >= 15 is 0 Å². The van der Waals surface area contributed by atoms with Gasteiger partial charge in [0.25, 0.3) is 0 Å². The van der Waals surface area contributed by atoms with Crippen molar-refractivity contribution in [3.8, 4) is 11.5 Å². The Labute approximate surface area is 131 Å². The van der Waals surface area contributed by atoms with Crippen LogP contribution in [0.2, 0.25) is 0 Å². The summed E-state index contributed by atoms with van der Waals surface area (Å²) < 4.78 is 5.57. The smallest absolute Gasteiger partial charge is 0.222 e. The summed E-state index contributed by atoms with van der Waals surface area (Å²) in [5, 5.41) is 9.68. The van der Waals surface area contributed by atoms with Gasteiger partial charge in [-0.25, -0.2) is 0 Å². The maximum atomic E-state index is 12.1.